The van der Waals surface area contributed by atoms with Crippen LogP contribution in [0.15, 0.2) is 12.7 Å². The highest BCUT2D eigenvalue weighted by molar-refractivity contribution is 5.76. The summed E-state index contributed by atoms with van der Waals surface area (Å²) < 4.78 is 12.1. The Morgan fingerprint density at radius 2 is 2.38 bits per heavy atom. The Labute approximate surface area is 121 Å². The van der Waals surface area contributed by atoms with E-state index in [0.717, 1.165) is 0 Å². The second-order valence-corrected chi connectivity index (χ2v) is 4.69. The monoisotopic (exact) mass is 298 g/mol. The lowest BCUT2D eigenvalue weighted by atomic mass is 10.1. The van der Waals surface area contributed by atoms with E-state index in [1.54, 1.807) is 11.0 Å². The number of carbonyl (C=O) groups is 2. The van der Waals surface area contributed by atoms with Gasteiger partial charge in [-0.2, -0.15) is 5.10 Å². The fourth-order valence-corrected chi connectivity index (χ4v) is 2.06. The summed E-state index contributed by atoms with van der Waals surface area (Å²) in [4.78, 5) is 26.2. The maximum absolute atomic E-state index is 11.9. The highest BCUT2D eigenvalue weighted by atomic mass is 16.5. The second kappa shape index (κ2) is 7.70. The van der Waals surface area contributed by atoms with Crippen molar-refractivity contribution in [3.63, 3.8) is 0 Å². The van der Waals surface area contributed by atoms with E-state index >= 15 is 0 Å². The normalized spacial score (nSPS) is 21.9. The molecule has 116 valence electrons. The van der Waals surface area contributed by atoms with Crippen molar-refractivity contribution >= 4 is 11.9 Å². The first-order valence-electron chi connectivity index (χ1n) is 6.68. The number of carboxylic acid groups (broad SMARTS) is 1. The molecule has 1 saturated heterocycles. The van der Waals surface area contributed by atoms with E-state index in [0.29, 0.717) is 19.6 Å². The van der Waals surface area contributed by atoms with Gasteiger partial charge in [0.05, 0.1) is 19.2 Å². The van der Waals surface area contributed by atoms with E-state index in [4.69, 9.17) is 14.6 Å². The summed E-state index contributed by atoms with van der Waals surface area (Å²) in [6.07, 6.45) is 3.38. The number of ether oxygens (including phenoxy) is 2. The molecule has 1 amide bonds. The Morgan fingerprint density at radius 1 is 1.52 bits per heavy atom. The molecule has 2 rings (SSSR count). The zero-order valence-corrected chi connectivity index (χ0v) is 11.5. The molecule has 9 heteroatoms. The molecular weight excluding hydrogens is 280 g/mol. The fourth-order valence-electron chi connectivity index (χ4n) is 2.06. The largest absolute Gasteiger partial charge is 0.480 e. The number of carbonyl (C=O) groups excluding carboxylic acids is 1. The number of hydrogen-bond acceptors (Lipinski definition) is 6. The molecule has 0 bridgehead atoms. The second-order valence-electron chi connectivity index (χ2n) is 4.69. The molecular formula is C12H18N4O5. The molecule has 21 heavy (non-hydrogen) atoms. The van der Waals surface area contributed by atoms with E-state index in [2.05, 4.69) is 15.4 Å². The molecule has 1 aliphatic heterocycles. The fraction of sp³-hybridized carbons (Fsp3) is 0.667. The van der Waals surface area contributed by atoms with Crippen molar-refractivity contribution in [1.29, 1.82) is 0 Å². The molecule has 1 aliphatic rings. The van der Waals surface area contributed by atoms with Crippen molar-refractivity contribution in [3.05, 3.63) is 12.7 Å². The number of amides is 1. The number of nitrogens with one attached hydrogen (secondary N) is 1. The van der Waals surface area contributed by atoms with Gasteiger partial charge in [-0.3, -0.25) is 9.48 Å². The van der Waals surface area contributed by atoms with E-state index < -0.39 is 18.7 Å². The lowest BCUT2D eigenvalue weighted by Gasteiger charge is -2.31. The summed E-state index contributed by atoms with van der Waals surface area (Å²) in [6, 6.07) is -0.235. The third kappa shape index (κ3) is 5.12. The summed E-state index contributed by atoms with van der Waals surface area (Å²) in [6.45, 7) is 0.831. The van der Waals surface area contributed by atoms with Gasteiger partial charge in [0.1, 0.15) is 25.4 Å². The molecule has 0 spiro atoms. The number of hydrogen-bond donors (Lipinski definition) is 2. The van der Waals surface area contributed by atoms with Crippen LogP contribution in [0, 0.1) is 0 Å². The van der Waals surface area contributed by atoms with Gasteiger partial charge in [0.2, 0.25) is 5.91 Å². The maximum Gasteiger partial charge on any atom is 0.329 e. The third-order valence-electron chi connectivity index (χ3n) is 3.11. The van der Waals surface area contributed by atoms with Gasteiger partial charge in [-0.05, 0) is 6.42 Å². The van der Waals surface area contributed by atoms with E-state index in [9.17, 15) is 9.59 Å². The van der Waals surface area contributed by atoms with Crippen LogP contribution in [-0.4, -0.2) is 63.7 Å². The van der Waals surface area contributed by atoms with Crippen LogP contribution in [0.3, 0.4) is 0 Å². The molecule has 1 aromatic heterocycles. The molecule has 0 aromatic carbocycles. The Morgan fingerprint density at radius 3 is 3.10 bits per heavy atom. The lowest BCUT2D eigenvalue weighted by molar-refractivity contribution is -0.149. The summed E-state index contributed by atoms with van der Waals surface area (Å²) in [5.41, 5.74) is 0. The first-order chi connectivity index (χ1) is 10.1. The van der Waals surface area contributed by atoms with Crippen LogP contribution in [0.2, 0.25) is 0 Å². The minimum absolute atomic E-state index is 0.138. The van der Waals surface area contributed by atoms with Crippen LogP contribution in [0.5, 0.6) is 0 Å². The topological polar surface area (TPSA) is 116 Å². The van der Waals surface area contributed by atoms with Gasteiger partial charge >= 0.3 is 5.97 Å². The van der Waals surface area contributed by atoms with Crippen molar-refractivity contribution in [2.75, 3.05) is 19.8 Å². The third-order valence-corrected chi connectivity index (χ3v) is 3.11. The van der Waals surface area contributed by atoms with Crippen LogP contribution < -0.4 is 5.32 Å². The summed E-state index contributed by atoms with van der Waals surface area (Å²) in [5, 5.41) is 15.4. The standard InChI is InChI=1S/C12H18N4O5/c17-11(1-3-16-8-13-7-14-16)15-9-2-4-20-5-10(9)21-6-12(18)19/h7-10H,1-6H2,(H,15,17)(H,18,19)/t9-,10-/m1/s1. The van der Waals surface area contributed by atoms with Crippen LogP contribution in [0.1, 0.15) is 12.8 Å². The molecule has 1 fully saturated rings. The van der Waals surface area contributed by atoms with Crippen molar-refractivity contribution in [2.45, 2.75) is 31.5 Å². The van der Waals surface area contributed by atoms with Gasteiger partial charge in [-0.1, -0.05) is 0 Å². The summed E-state index contributed by atoms with van der Waals surface area (Å²) >= 11 is 0. The average Bonchev–Trinajstić information content (AvgIpc) is 2.97. The first-order valence-corrected chi connectivity index (χ1v) is 6.68. The molecule has 2 N–H and O–H groups in total. The van der Waals surface area contributed by atoms with Crippen LogP contribution in [0.25, 0.3) is 0 Å². The first kappa shape index (κ1) is 15.4. The predicted molar refractivity (Wildman–Crippen MR) is 69.4 cm³/mol. The van der Waals surface area contributed by atoms with E-state index in [-0.39, 0.29) is 25.0 Å². The number of carboxylic acids is 1. The molecule has 0 saturated carbocycles. The van der Waals surface area contributed by atoms with Gasteiger partial charge in [0.15, 0.2) is 0 Å². The zero-order chi connectivity index (χ0) is 15.1. The number of aliphatic carboxylic acids is 1. The SMILES string of the molecule is O=C(O)CO[C@@H]1COCC[C@H]1NC(=O)CCn1cncn1. The van der Waals surface area contributed by atoms with Crippen LogP contribution in [-0.2, 0) is 25.6 Å². The maximum atomic E-state index is 11.9. The zero-order valence-electron chi connectivity index (χ0n) is 11.5. The molecule has 0 unspecified atom stereocenters. The lowest BCUT2D eigenvalue weighted by Crippen LogP contribution is -2.50. The molecule has 2 heterocycles. The summed E-state index contributed by atoms with van der Waals surface area (Å²) in [7, 11) is 0. The number of aryl methyl sites for hydroxylation is 1. The number of nitrogens with zero attached hydrogens (tertiary/aromatic N) is 3. The van der Waals surface area contributed by atoms with Crippen LogP contribution in [0.4, 0.5) is 0 Å². The quantitative estimate of drug-likeness (QED) is 0.666. The Bertz CT molecular complexity index is 464. The van der Waals surface area contributed by atoms with Crippen molar-refractivity contribution in [2.24, 2.45) is 0 Å². The van der Waals surface area contributed by atoms with Crippen molar-refractivity contribution in [1.82, 2.24) is 20.1 Å². The molecule has 0 radical (unpaired) electrons. The van der Waals surface area contributed by atoms with Gasteiger partial charge in [0.25, 0.3) is 0 Å². The number of aromatic nitrogens is 3. The molecule has 2 atom stereocenters. The Balaban J connectivity index is 1.77. The average molecular weight is 298 g/mol. The Hall–Kier alpha value is -2.00. The summed E-state index contributed by atoms with van der Waals surface area (Å²) in [5.74, 6) is -1.18. The van der Waals surface area contributed by atoms with Gasteiger partial charge < -0.3 is 19.9 Å². The van der Waals surface area contributed by atoms with E-state index in [1.807, 2.05) is 0 Å². The minimum Gasteiger partial charge on any atom is -0.480 e. The van der Waals surface area contributed by atoms with Gasteiger partial charge in [0, 0.05) is 13.0 Å². The highest BCUT2D eigenvalue weighted by Crippen LogP contribution is 2.11. The van der Waals surface area contributed by atoms with Crippen LogP contribution >= 0.6 is 0 Å². The Kier molecular flexibility index (Phi) is 5.64. The predicted octanol–water partition coefficient (Wildman–Crippen LogP) is -0.957. The smallest absolute Gasteiger partial charge is 0.329 e. The number of rotatable bonds is 7. The highest BCUT2D eigenvalue weighted by Gasteiger charge is 2.28. The molecule has 9 nitrogen and oxygen atoms in total. The molecule has 1 aromatic rings. The van der Waals surface area contributed by atoms with Gasteiger partial charge in [-0.15, -0.1) is 0 Å². The molecule has 0 aliphatic carbocycles. The van der Waals surface area contributed by atoms with Crippen molar-refractivity contribution in [3.8, 4) is 0 Å². The van der Waals surface area contributed by atoms with E-state index in [1.165, 1.54) is 6.33 Å². The van der Waals surface area contributed by atoms with Gasteiger partial charge in [-0.25, -0.2) is 9.78 Å². The minimum atomic E-state index is -1.04. The van der Waals surface area contributed by atoms with Crippen molar-refractivity contribution < 1.29 is 24.2 Å².